The average Bonchev–Trinajstić information content (AvgIpc) is 2.60. The molecule has 1 aliphatic carbocycles. The molecule has 3 atom stereocenters. The number of carboxylic acid groups (broad SMARTS) is 1. The molecule has 0 saturated heterocycles. The van der Waals surface area contributed by atoms with Crippen LogP contribution in [0.5, 0.6) is 0 Å². The van der Waals surface area contributed by atoms with Crippen molar-refractivity contribution >= 4 is 12.0 Å². The van der Waals surface area contributed by atoms with Crippen LogP contribution in [0.3, 0.4) is 0 Å². The van der Waals surface area contributed by atoms with E-state index in [1.165, 1.54) is 0 Å². The Morgan fingerprint density at radius 3 is 2.62 bits per heavy atom. The van der Waals surface area contributed by atoms with Gasteiger partial charge in [-0.15, -0.1) is 0 Å². The predicted molar refractivity (Wildman–Crippen MR) is 57.0 cm³/mol. The zero-order valence-corrected chi connectivity index (χ0v) is 9.27. The molecule has 1 saturated carbocycles. The van der Waals surface area contributed by atoms with Crippen LogP contribution >= 0.6 is 0 Å². The molecule has 1 fully saturated rings. The van der Waals surface area contributed by atoms with E-state index in [1.54, 1.807) is 0 Å². The maximum absolute atomic E-state index is 11.3. The van der Waals surface area contributed by atoms with E-state index in [9.17, 15) is 9.59 Å². The summed E-state index contributed by atoms with van der Waals surface area (Å²) < 4.78 is 0. The molecule has 6 heteroatoms. The molecule has 1 rings (SSSR count). The number of carbonyl (C=O) groups is 2. The van der Waals surface area contributed by atoms with Gasteiger partial charge in [0.25, 0.3) is 0 Å². The summed E-state index contributed by atoms with van der Waals surface area (Å²) in [5, 5.41) is 22.4. The van der Waals surface area contributed by atoms with E-state index in [1.807, 2.05) is 0 Å². The van der Waals surface area contributed by atoms with Crippen LogP contribution in [0.15, 0.2) is 0 Å². The van der Waals surface area contributed by atoms with Crippen LogP contribution in [0, 0.1) is 5.92 Å². The Hall–Kier alpha value is -1.30. The molecule has 92 valence electrons. The van der Waals surface area contributed by atoms with Crippen LogP contribution in [0.25, 0.3) is 0 Å². The molecule has 6 nitrogen and oxygen atoms in total. The molecule has 16 heavy (non-hydrogen) atoms. The lowest BCUT2D eigenvalue weighted by molar-refractivity contribution is -0.146. The Kier molecular flexibility index (Phi) is 4.54. The molecule has 0 aliphatic heterocycles. The summed E-state index contributed by atoms with van der Waals surface area (Å²) in [7, 11) is 0. The maximum Gasteiger partial charge on any atom is 0.334 e. The Morgan fingerprint density at radius 1 is 1.44 bits per heavy atom. The van der Waals surface area contributed by atoms with E-state index in [0.29, 0.717) is 5.92 Å². The monoisotopic (exact) mass is 230 g/mol. The van der Waals surface area contributed by atoms with Crippen molar-refractivity contribution in [1.29, 1.82) is 0 Å². The lowest BCUT2D eigenvalue weighted by Crippen LogP contribution is -2.46. The topological polar surface area (TPSA) is 98.7 Å². The van der Waals surface area contributed by atoms with E-state index in [-0.39, 0.29) is 12.6 Å². The standard InChI is InChI=1S/C10H18N2O4/c1-6-3-2-4-7(6)12-10(16)11-5-8(13)9(14)15/h6-8,13H,2-5H2,1H3,(H,14,15)(H2,11,12,16)/t6?,7?,8-/m0/s1. The minimum atomic E-state index is -1.55. The van der Waals surface area contributed by atoms with Gasteiger partial charge in [-0.2, -0.15) is 0 Å². The molecule has 0 aromatic rings. The van der Waals surface area contributed by atoms with Crippen molar-refractivity contribution in [2.24, 2.45) is 5.92 Å². The van der Waals surface area contributed by atoms with Gasteiger partial charge in [-0.05, 0) is 18.8 Å². The number of aliphatic carboxylic acids is 1. The molecular weight excluding hydrogens is 212 g/mol. The molecule has 0 radical (unpaired) electrons. The number of nitrogens with one attached hydrogen (secondary N) is 2. The number of carbonyl (C=O) groups excluding carboxylic acids is 1. The lowest BCUT2D eigenvalue weighted by Gasteiger charge is -2.18. The Labute approximate surface area is 94.0 Å². The van der Waals surface area contributed by atoms with E-state index in [4.69, 9.17) is 10.2 Å². The molecule has 0 aromatic heterocycles. The highest BCUT2D eigenvalue weighted by atomic mass is 16.4. The van der Waals surface area contributed by atoms with Crippen LogP contribution in [0.2, 0.25) is 0 Å². The van der Waals surface area contributed by atoms with Crippen LogP contribution < -0.4 is 10.6 Å². The first-order valence-electron chi connectivity index (χ1n) is 5.46. The fourth-order valence-electron chi connectivity index (χ4n) is 1.86. The normalized spacial score (nSPS) is 26.1. The number of rotatable bonds is 4. The van der Waals surface area contributed by atoms with E-state index >= 15 is 0 Å². The quantitative estimate of drug-likeness (QED) is 0.543. The zero-order chi connectivity index (χ0) is 12.1. The molecule has 2 amide bonds. The smallest absolute Gasteiger partial charge is 0.334 e. The second-order valence-electron chi connectivity index (χ2n) is 4.22. The van der Waals surface area contributed by atoms with Gasteiger partial charge in [0.15, 0.2) is 6.10 Å². The fourth-order valence-corrected chi connectivity index (χ4v) is 1.86. The number of carboxylic acids is 1. The number of amides is 2. The lowest BCUT2D eigenvalue weighted by atomic mass is 10.1. The van der Waals surface area contributed by atoms with Gasteiger partial charge in [-0.3, -0.25) is 0 Å². The van der Waals surface area contributed by atoms with E-state index in [0.717, 1.165) is 19.3 Å². The van der Waals surface area contributed by atoms with E-state index < -0.39 is 18.1 Å². The maximum atomic E-state index is 11.3. The van der Waals surface area contributed by atoms with Crippen LogP contribution in [-0.4, -0.2) is 40.9 Å². The highest BCUT2D eigenvalue weighted by Gasteiger charge is 2.25. The van der Waals surface area contributed by atoms with Crippen molar-refractivity contribution in [3.05, 3.63) is 0 Å². The summed E-state index contributed by atoms with van der Waals surface area (Å²) in [4.78, 5) is 21.6. The highest BCUT2D eigenvalue weighted by Crippen LogP contribution is 2.24. The van der Waals surface area contributed by atoms with Gasteiger partial charge in [0.05, 0.1) is 6.54 Å². The van der Waals surface area contributed by atoms with Crippen molar-refractivity contribution < 1.29 is 19.8 Å². The second-order valence-corrected chi connectivity index (χ2v) is 4.22. The number of hydrogen-bond donors (Lipinski definition) is 4. The second kappa shape index (κ2) is 5.69. The molecule has 1 aliphatic rings. The average molecular weight is 230 g/mol. The zero-order valence-electron chi connectivity index (χ0n) is 9.27. The molecular formula is C10H18N2O4. The largest absolute Gasteiger partial charge is 0.479 e. The van der Waals surface area contributed by atoms with Gasteiger partial charge >= 0.3 is 12.0 Å². The van der Waals surface area contributed by atoms with Crippen LogP contribution in [-0.2, 0) is 4.79 Å². The predicted octanol–water partition coefficient (Wildman–Crippen LogP) is -0.0803. The fraction of sp³-hybridized carbons (Fsp3) is 0.800. The number of aliphatic hydroxyl groups excluding tert-OH is 1. The summed E-state index contributed by atoms with van der Waals surface area (Å²) in [6, 6.07) is -0.263. The minimum absolute atomic E-state index is 0.155. The minimum Gasteiger partial charge on any atom is -0.479 e. The van der Waals surface area contributed by atoms with Crippen molar-refractivity contribution in [2.45, 2.75) is 38.3 Å². The number of urea groups is 1. The molecule has 0 aromatic carbocycles. The van der Waals surface area contributed by atoms with Crippen LogP contribution in [0.1, 0.15) is 26.2 Å². The first-order chi connectivity index (χ1) is 7.50. The van der Waals surface area contributed by atoms with Crippen molar-refractivity contribution in [3.63, 3.8) is 0 Å². The van der Waals surface area contributed by atoms with Crippen molar-refractivity contribution in [3.8, 4) is 0 Å². The molecule has 0 spiro atoms. The van der Waals surface area contributed by atoms with Crippen molar-refractivity contribution in [1.82, 2.24) is 10.6 Å². The van der Waals surface area contributed by atoms with Gasteiger partial charge in [0.1, 0.15) is 0 Å². The van der Waals surface area contributed by atoms with Crippen molar-refractivity contribution in [2.75, 3.05) is 6.54 Å². The third-order valence-corrected chi connectivity index (χ3v) is 2.92. The Bertz CT molecular complexity index is 270. The first kappa shape index (κ1) is 12.8. The third-order valence-electron chi connectivity index (χ3n) is 2.92. The third kappa shape index (κ3) is 3.69. The van der Waals surface area contributed by atoms with Gasteiger partial charge in [-0.25, -0.2) is 9.59 Å². The molecule has 2 unspecified atom stereocenters. The van der Waals surface area contributed by atoms with E-state index in [2.05, 4.69) is 17.6 Å². The Balaban J connectivity index is 2.23. The highest BCUT2D eigenvalue weighted by molar-refractivity contribution is 5.76. The summed E-state index contributed by atoms with van der Waals surface area (Å²) in [5.41, 5.74) is 0. The Morgan fingerprint density at radius 2 is 2.12 bits per heavy atom. The number of aliphatic hydroxyl groups is 1. The summed E-state index contributed by atoms with van der Waals surface area (Å²) in [5.74, 6) is -0.885. The van der Waals surface area contributed by atoms with Crippen LogP contribution in [0.4, 0.5) is 4.79 Å². The van der Waals surface area contributed by atoms with Gasteiger partial charge < -0.3 is 20.8 Å². The summed E-state index contributed by atoms with van der Waals surface area (Å²) in [6.07, 6.45) is 1.61. The van der Waals surface area contributed by atoms with Gasteiger partial charge in [0, 0.05) is 6.04 Å². The number of hydrogen-bond acceptors (Lipinski definition) is 3. The first-order valence-corrected chi connectivity index (χ1v) is 5.46. The molecule has 4 N–H and O–H groups in total. The van der Waals surface area contributed by atoms with Gasteiger partial charge in [-0.1, -0.05) is 13.3 Å². The SMILES string of the molecule is CC1CCCC1NC(=O)NC[C@H](O)C(=O)O. The summed E-state index contributed by atoms with van der Waals surface area (Å²) >= 11 is 0. The summed E-state index contributed by atoms with van der Waals surface area (Å²) in [6.45, 7) is 1.80. The molecule has 0 bridgehead atoms. The molecule has 0 heterocycles. The van der Waals surface area contributed by atoms with Gasteiger partial charge in [0.2, 0.25) is 0 Å².